The van der Waals surface area contributed by atoms with Crippen LogP contribution in [-0.2, 0) is 24.3 Å². The molecule has 0 spiro atoms. The van der Waals surface area contributed by atoms with Crippen molar-refractivity contribution in [3.05, 3.63) is 100 Å². The van der Waals surface area contributed by atoms with Gasteiger partial charge in [-0.2, -0.15) is 0 Å². The Balaban J connectivity index is 1.42. The number of thioether (sulfide) groups is 1. The number of hydrogen-bond acceptors (Lipinski definition) is 6. The molecule has 190 valence electrons. The number of aromatic nitrogens is 3. The van der Waals surface area contributed by atoms with E-state index in [-0.39, 0.29) is 24.1 Å². The predicted octanol–water partition coefficient (Wildman–Crippen LogP) is 4.95. The minimum atomic E-state index is -0.219. The van der Waals surface area contributed by atoms with Crippen LogP contribution in [0.25, 0.3) is 0 Å². The molecule has 0 radical (unpaired) electrons. The Bertz CT molecular complexity index is 1330. The third-order valence-corrected chi connectivity index (χ3v) is 6.98. The van der Waals surface area contributed by atoms with E-state index < -0.39 is 0 Å². The second kappa shape index (κ2) is 13.1. The molecule has 0 aliphatic heterocycles. The average Bonchev–Trinajstić information content (AvgIpc) is 3.32. The maximum absolute atomic E-state index is 12.7. The van der Waals surface area contributed by atoms with E-state index in [4.69, 9.17) is 4.74 Å². The molecule has 4 aromatic rings. The van der Waals surface area contributed by atoms with E-state index in [0.29, 0.717) is 28.8 Å². The minimum Gasteiger partial charge on any atom is -0.497 e. The number of carbonyl (C=O) groups excluding carboxylic acids is 2. The zero-order chi connectivity index (χ0) is 26.0. The van der Waals surface area contributed by atoms with Crippen molar-refractivity contribution in [2.45, 2.75) is 24.7 Å². The number of nitrogens with one attached hydrogen (secondary N) is 2. The van der Waals surface area contributed by atoms with Crippen LogP contribution < -0.4 is 15.4 Å². The third-order valence-electron chi connectivity index (χ3n) is 5.48. The summed E-state index contributed by atoms with van der Waals surface area (Å²) in [4.78, 5) is 25.2. The Morgan fingerprint density at radius 1 is 0.973 bits per heavy atom. The molecule has 0 unspecified atom stereocenters. The van der Waals surface area contributed by atoms with Crippen molar-refractivity contribution in [3.63, 3.8) is 0 Å². The van der Waals surface area contributed by atoms with E-state index in [2.05, 4.69) is 48.9 Å². The van der Waals surface area contributed by atoms with Crippen LogP contribution in [-0.4, -0.2) is 39.4 Å². The van der Waals surface area contributed by atoms with Gasteiger partial charge in [-0.15, -0.1) is 10.2 Å². The van der Waals surface area contributed by atoms with Gasteiger partial charge in [-0.05, 0) is 60.5 Å². The lowest BCUT2D eigenvalue weighted by Gasteiger charge is -2.11. The molecule has 10 heteroatoms. The van der Waals surface area contributed by atoms with Gasteiger partial charge >= 0.3 is 0 Å². The van der Waals surface area contributed by atoms with Gasteiger partial charge in [0.15, 0.2) is 11.0 Å². The minimum absolute atomic E-state index is 0.140. The Hall–Kier alpha value is -3.63. The lowest BCUT2D eigenvalue weighted by Crippen LogP contribution is -2.25. The van der Waals surface area contributed by atoms with E-state index in [1.807, 2.05) is 47.0 Å². The fourth-order valence-corrected chi connectivity index (χ4v) is 4.58. The molecule has 1 heterocycles. The number of halogens is 1. The van der Waals surface area contributed by atoms with Gasteiger partial charge in [0, 0.05) is 22.3 Å². The first kappa shape index (κ1) is 26.4. The highest BCUT2D eigenvalue weighted by Crippen LogP contribution is 2.20. The van der Waals surface area contributed by atoms with Gasteiger partial charge in [-0.3, -0.25) is 9.59 Å². The summed E-state index contributed by atoms with van der Waals surface area (Å²) in [6.07, 6.45) is 0.761. The smallest absolute Gasteiger partial charge is 0.251 e. The number of hydrogen-bond donors (Lipinski definition) is 2. The van der Waals surface area contributed by atoms with Gasteiger partial charge in [0.05, 0.1) is 19.4 Å². The number of amides is 2. The summed E-state index contributed by atoms with van der Waals surface area (Å²) in [6, 6.07) is 24.4. The molecule has 0 aliphatic rings. The van der Waals surface area contributed by atoms with Crippen LogP contribution >= 0.6 is 27.7 Å². The van der Waals surface area contributed by atoms with E-state index in [9.17, 15) is 9.59 Å². The van der Waals surface area contributed by atoms with Crippen LogP contribution in [0.3, 0.4) is 0 Å². The van der Waals surface area contributed by atoms with Crippen LogP contribution in [0, 0.1) is 0 Å². The first-order chi connectivity index (χ1) is 18.0. The number of benzene rings is 3. The third kappa shape index (κ3) is 7.68. The van der Waals surface area contributed by atoms with Gasteiger partial charge in [0.25, 0.3) is 5.91 Å². The SMILES string of the molecule is COc1ccc(C(=O)NCc2nnc(SCC(=O)Nc3ccc(Br)cc3)n2CCc2ccccc2)cc1. The number of anilines is 1. The van der Waals surface area contributed by atoms with Gasteiger partial charge in [0.2, 0.25) is 5.91 Å². The fourth-order valence-electron chi connectivity index (χ4n) is 3.53. The molecule has 2 N–H and O–H groups in total. The number of carbonyl (C=O) groups is 2. The van der Waals surface area contributed by atoms with Crippen LogP contribution in [0.4, 0.5) is 5.69 Å². The second-order valence-electron chi connectivity index (χ2n) is 8.04. The van der Waals surface area contributed by atoms with E-state index in [1.54, 1.807) is 31.4 Å². The van der Waals surface area contributed by atoms with Crippen LogP contribution in [0.5, 0.6) is 5.75 Å². The van der Waals surface area contributed by atoms with Gasteiger partial charge in [-0.25, -0.2) is 0 Å². The lowest BCUT2D eigenvalue weighted by molar-refractivity contribution is -0.113. The van der Waals surface area contributed by atoms with Gasteiger partial charge in [-0.1, -0.05) is 58.0 Å². The molecular weight excluding hydrogens is 554 g/mol. The molecule has 4 rings (SSSR count). The Morgan fingerprint density at radius 2 is 1.70 bits per heavy atom. The highest BCUT2D eigenvalue weighted by atomic mass is 79.9. The van der Waals surface area contributed by atoms with Crippen molar-refractivity contribution in [1.29, 1.82) is 0 Å². The lowest BCUT2D eigenvalue weighted by atomic mass is 10.1. The summed E-state index contributed by atoms with van der Waals surface area (Å²) < 4.78 is 8.05. The van der Waals surface area contributed by atoms with Crippen LogP contribution in [0.1, 0.15) is 21.7 Å². The number of methoxy groups -OCH3 is 1. The van der Waals surface area contributed by atoms with Crippen molar-refractivity contribution in [1.82, 2.24) is 20.1 Å². The maximum atomic E-state index is 12.7. The highest BCUT2D eigenvalue weighted by molar-refractivity contribution is 9.10. The number of aryl methyl sites for hydroxylation is 1. The van der Waals surface area contributed by atoms with Crippen LogP contribution in [0.2, 0.25) is 0 Å². The summed E-state index contributed by atoms with van der Waals surface area (Å²) in [5, 5.41) is 15.0. The van der Waals surface area contributed by atoms with E-state index >= 15 is 0 Å². The topological polar surface area (TPSA) is 98.1 Å². The summed E-state index contributed by atoms with van der Waals surface area (Å²) in [5.74, 6) is 1.12. The zero-order valence-electron chi connectivity index (χ0n) is 20.2. The normalized spacial score (nSPS) is 10.6. The highest BCUT2D eigenvalue weighted by Gasteiger charge is 2.16. The maximum Gasteiger partial charge on any atom is 0.251 e. The van der Waals surface area contributed by atoms with Crippen LogP contribution in [0.15, 0.2) is 88.5 Å². The number of rotatable bonds is 11. The zero-order valence-corrected chi connectivity index (χ0v) is 22.6. The molecule has 3 aromatic carbocycles. The molecule has 0 atom stereocenters. The summed E-state index contributed by atoms with van der Waals surface area (Å²) in [7, 11) is 1.58. The average molecular weight is 581 g/mol. The molecule has 0 bridgehead atoms. The van der Waals surface area contributed by atoms with Crippen molar-refractivity contribution < 1.29 is 14.3 Å². The summed E-state index contributed by atoms with van der Waals surface area (Å²) in [6.45, 7) is 0.819. The molecule has 0 saturated heterocycles. The molecular formula is C27H26BrN5O3S. The molecule has 37 heavy (non-hydrogen) atoms. The Morgan fingerprint density at radius 3 is 2.41 bits per heavy atom. The van der Waals surface area contributed by atoms with Crippen molar-refractivity contribution in [3.8, 4) is 5.75 Å². The van der Waals surface area contributed by atoms with Gasteiger partial charge in [0.1, 0.15) is 5.75 Å². The fraction of sp³-hybridized carbons (Fsp3) is 0.185. The first-order valence-electron chi connectivity index (χ1n) is 11.6. The Kier molecular flexibility index (Phi) is 9.34. The molecule has 0 aliphatic carbocycles. The molecule has 0 saturated carbocycles. The number of nitrogens with zero attached hydrogens (tertiary/aromatic N) is 3. The molecule has 2 amide bonds. The largest absolute Gasteiger partial charge is 0.497 e. The van der Waals surface area contributed by atoms with Crippen molar-refractivity contribution in [2.75, 3.05) is 18.2 Å². The summed E-state index contributed by atoms with van der Waals surface area (Å²) in [5.41, 5.74) is 2.42. The molecule has 0 fully saturated rings. The van der Waals surface area contributed by atoms with Crippen molar-refractivity contribution in [2.24, 2.45) is 0 Å². The monoisotopic (exact) mass is 579 g/mol. The molecule has 8 nitrogen and oxygen atoms in total. The van der Waals surface area contributed by atoms with Crippen molar-refractivity contribution >= 4 is 45.2 Å². The van der Waals surface area contributed by atoms with E-state index in [0.717, 1.165) is 16.6 Å². The van der Waals surface area contributed by atoms with E-state index in [1.165, 1.54) is 17.3 Å². The summed E-state index contributed by atoms with van der Waals surface area (Å²) >= 11 is 4.70. The first-order valence-corrected chi connectivity index (χ1v) is 13.4. The van der Waals surface area contributed by atoms with Gasteiger partial charge < -0.3 is 19.9 Å². The quantitative estimate of drug-likeness (QED) is 0.244. The Labute approximate surface area is 228 Å². The predicted molar refractivity (Wildman–Crippen MR) is 148 cm³/mol. The second-order valence-corrected chi connectivity index (χ2v) is 9.90. The molecule has 1 aromatic heterocycles. The standard InChI is InChI=1S/C27H26BrN5O3S/c1-36-23-13-7-20(8-14-23)26(35)29-17-24-31-32-27(33(24)16-15-19-5-3-2-4-6-19)37-18-25(34)30-22-11-9-21(28)10-12-22/h2-14H,15-18H2,1H3,(H,29,35)(H,30,34). The number of ether oxygens (including phenoxy) is 1.